The number of carboxylic acids is 1. The van der Waals surface area contributed by atoms with Gasteiger partial charge in [-0.3, -0.25) is 4.79 Å². The van der Waals surface area contributed by atoms with E-state index in [0.717, 1.165) is 23.2 Å². The summed E-state index contributed by atoms with van der Waals surface area (Å²) < 4.78 is 37.2. The number of quaternary nitrogens is 1. The summed E-state index contributed by atoms with van der Waals surface area (Å²) in [5.41, 5.74) is 8.97. The summed E-state index contributed by atoms with van der Waals surface area (Å²) in [4.78, 5) is 41.5. The first-order valence-corrected chi connectivity index (χ1v) is 15.0. The molecule has 1 aliphatic rings. The molecular formula is C33H35F3N6O7. The lowest BCUT2D eigenvalue weighted by molar-refractivity contribution is -0.911. The Morgan fingerprint density at radius 2 is 1.71 bits per heavy atom. The van der Waals surface area contributed by atoms with E-state index in [1.54, 1.807) is 72.5 Å². The maximum atomic E-state index is 13.9. The van der Waals surface area contributed by atoms with Gasteiger partial charge >= 0.3 is 12.2 Å². The van der Waals surface area contributed by atoms with Crippen LogP contribution in [0.25, 0.3) is 11.4 Å². The molecule has 260 valence electrons. The number of nitrogens with zero attached hydrogens (tertiary/aromatic N) is 4. The summed E-state index contributed by atoms with van der Waals surface area (Å²) in [5.74, 6) is -2.40. The third kappa shape index (κ3) is 9.93. The second kappa shape index (κ2) is 15.1. The number of likely N-dealkylation sites (tertiary alicyclic amines) is 1. The lowest BCUT2D eigenvalue weighted by atomic mass is 10.0. The maximum absolute atomic E-state index is 13.9. The molecule has 1 aliphatic heterocycles. The Bertz CT molecular complexity index is 1770. The van der Waals surface area contributed by atoms with Crippen LogP contribution in [0.2, 0.25) is 0 Å². The molecule has 3 aromatic carbocycles. The number of anilines is 1. The third-order valence-electron chi connectivity index (χ3n) is 7.94. The van der Waals surface area contributed by atoms with E-state index in [1.165, 1.54) is 0 Å². The lowest BCUT2D eigenvalue weighted by Crippen LogP contribution is -2.56. The van der Waals surface area contributed by atoms with E-state index in [1.807, 2.05) is 12.1 Å². The Morgan fingerprint density at radius 3 is 2.27 bits per heavy atom. The van der Waals surface area contributed by atoms with Crippen LogP contribution < -0.4 is 16.2 Å². The number of aromatic hydroxyl groups is 2. The Balaban J connectivity index is 0.000000698. The number of primary amides is 1. The molecular weight excluding hydrogens is 649 g/mol. The van der Waals surface area contributed by atoms with Crippen molar-refractivity contribution >= 4 is 23.6 Å². The number of phenols is 2. The smallest absolute Gasteiger partial charge is 0.430 e. The lowest BCUT2D eigenvalue weighted by Gasteiger charge is -2.36. The quantitative estimate of drug-likeness (QED) is 0.192. The summed E-state index contributed by atoms with van der Waals surface area (Å²) in [6, 6.07) is 19.1. The molecule has 0 saturated carbocycles. The van der Waals surface area contributed by atoms with Gasteiger partial charge in [-0.2, -0.15) is 18.2 Å². The van der Waals surface area contributed by atoms with E-state index in [-0.39, 0.29) is 24.0 Å². The SMILES string of the molecule is Cc1nc(-c2ccc(NC(=O)N([C@@H]3CC[N+](C)(Cc4cccc(O)c4)C3)[C@@H](Cc3ccc(O)cc3)C(N)=O)cc2)no1.O=C([O-])C(F)(F)F. The molecule has 5 rings (SSSR count). The highest BCUT2D eigenvalue weighted by Gasteiger charge is 2.43. The van der Waals surface area contributed by atoms with Gasteiger partial charge in [0.25, 0.3) is 0 Å². The summed E-state index contributed by atoms with van der Waals surface area (Å²) in [6.07, 6.45) is -4.33. The zero-order valence-corrected chi connectivity index (χ0v) is 26.6. The molecule has 1 aromatic heterocycles. The van der Waals surface area contributed by atoms with E-state index in [4.69, 9.17) is 20.2 Å². The van der Waals surface area contributed by atoms with E-state index < -0.39 is 30.1 Å². The number of urea groups is 1. The number of hydrogen-bond donors (Lipinski definition) is 4. The van der Waals surface area contributed by atoms with Crippen LogP contribution in [-0.4, -0.2) is 86.0 Å². The van der Waals surface area contributed by atoms with Crippen LogP contribution in [0.15, 0.2) is 77.3 Å². The molecule has 4 aromatic rings. The first kappa shape index (κ1) is 36.2. The number of amides is 3. The number of benzene rings is 3. The van der Waals surface area contributed by atoms with Crippen molar-refractivity contribution in [1.29, 1.82) is 0 Å². The van der Waals surface area contributed by atoms with Crippen LogP contribution >= 0.6 is 0 Å². The van der Waals surface area contributed by atoms with E-state index in [9.17, 15) is 33.0 Å². The van der Waals surface area contributed by atoms with Gasteiger partial charge < -0.3 is 45.1 Å². The third-order valence-corrected chi connectivity index (χ3v) is 7.94. The van der Waals surface area contributed by atoms with Crippen LogP contribution in [0.5, 0.6) is 11.5 Å². The number of phenolic OH excluding ortho intramolecular Hbond substituents is 2. The van der Waals surface area contributed by atoms with Crippen LogP contribution in [0.1, 0.15) is 23.4 Å². The van der Waals surface area contributed by atoms with E-state index in [2.05, 4.69) is 22.5 Å². The summed E-state index contributed by atoms with van der Waals surface area (Å²) in [7, 11) is 2.11. The predicted octanol–water partition coefficient (Wildman–Crippen LogP) is 3.10. The molecule has 3 atom stereocenters. The highest BCUT2D eigenvalue weighted by atomic mass is 19.4. The van der Waals surface area contributed by atoms with Crippen molar-refractivity contribution in [3.05, 3.63) is 89.8 Å². The number of carbonyl (C=O) groups excluding carboxylic acids is 3. The molecule has 0 bridgehead atoms. The van der Waals surface area contributed by atoms with Gasteiger partial charge in [0.05, 0.1) is 26.2 Å². The second-order valence-corrected chi connectivity index (χ2v) is 11.9. The number of carboxylic acid groups (broad SMARTS) is 1. The van der Waals surface area contributed by atoms with E-state index in [0.29, 0.717) is 41.4 Å². The fourth-order valence-electron chi connectivity index (χ4n) is 5.68. The summed E-state index contributed by atoms with van der Waals surface area (Å²) >= 11 is 0. The first-order chi connectivity index (χ1) is 23.0. The molecule has 0 spiro atoms. The van der Waals surface area contributed by atoms with Crippen LogP contribution in [-0.2, 0) is 22.6 Å². The number of aromatic nitrogens is 2. The number of carbonyl (C=O) groups is 3. The van der Waals surface area contributed by atoms with Crippen molar-refractivity contribution in [2.75, 3.05) is 25.5 Å². The maximum Gasteiger partial charge on any atom is 0.430 e. The average molecular weight is 685 g/mol. The number of nitrogens with two attached hydrogens (primary N) is 1. The average Bonchev–Trinajstić information content (AvgIpc) is 3.63. The van der Waals surface area contributed by atoms with Crippen molar-refractivity contribution in [3.63, 3.8) is 0 Å². The van der Waals surface area contributed by atoms with E-state index >= 15 is 0 Å². The number of aryl methyl sites for hydroxylation is 1. The number of nitrogens with one attached hydrogen (secondary N) is 1. The summed E-state index contributed by atoms with van der Waals surface area (Å²) in [5, 5.41) is 35.3. The van der Waals surface area contributed by atoms with Gasteiger partial charge in [0.15, 0.2) is 0 Å². The van der Waals surface area contributed by atoms with Crippen molar-refractivity contribution < 1.29 is 51.9 Å². The van der Waals surface area contributed by atoms with Gasteiger partial charge in [-0.15, -0.1) is 0 Å². The Hall–Kier alpha value is -5.64. The fraction of sp³-hybridized carbons (Fsp3) is 0.303. The van der Waals surface area contributed by atoms with Crippen molar-refractivity contribution in [3.8, 4) is 22.9 Å². The normalized spacial score (nSPS) is 17.8. The van der Waals surface area contributed by atoms with Gasteiger partial charge in [-0.1, -0.05) is 29.4 Å². The fourth-order valence-corrected chi connectivity index (χ4v) is 5.68. The van der Waals surface area contributed by atoms with Crippen molar-refractivity contribution in [2.24, 2.45) is 5.73 Å². The number of hydrogen-bond acceptors (Lipinski definition) is 9. The molecule has 1 unspecified atom stereocenters. The van der Waals surface area contributed by atoms with Crippen LogP contribution in [0.3, 0.4) is 0 Å². The largest absolute Gasteiger partial charge is 0.542 e. The topological polar surface area (TPSA) is 195 Å². The first-order valence-electron chi connectivity index (χ1n) is 15.0. The Kier molecular flexibility index (Phi) is 11.1. The molecule has 1 fully saturated rings. The molecule has 2 heterocycles. The highest BCUT2D eigenvalue weighted by molar-refractivity contribution is 5.94. The molecule has 3 amide bonds. The predicted molar refractivity (Wildman–Crippen MR) is 167 cm³/mol. The zero-order valence-electron chi connectivity index (χ0n) is 26.6. The minimum atomic E-state index is -5.19. The molecule has 13 nitrogen and oxygen atoms in total. The van der Waals surface area contributed by atoms with Gasteiger partial charge in [-0.05, 0) is 54.1 Å². The number of rotatable bonds is 9. The molecule has 49 heavy (non-hydrogen) atoms. The number of aliphatic carboxylic acids is 1. The molecule has 1 saturated heterocycles. The number of alkyl halides is 3. The van der Waals surface area contributed by atoms with Gasteiger partial charge in [0.2, 0.25) is 17.6 Å². The highest BCUT2D eigenvalue weighted by Crippen LogP contribution is 2.29. The number of likely N-dealkylation sites (N-methyl/N-ethyl adjacent to an activating group) is 1. The number of halogens is 3. The zero-order chi connectivity index (χ0) is 35.9. The molecule has 0 radical (unpaired) electrons. The Labute approximate surface area is 279 Å². The molecule has 0 aliphatic carbocycles. The van der Waals surface area contributed by atoms with Crippen molar-refractivity contribution in [1.82, 2.24) is 15.0 Å². The monoisotopic (exact) mass is 684 g/mol. The molecule has 5 N–H and O–H groups in total. The Morgan fingerprint density at radius 1 is 1.06 bits per heavy atom. The standard InChI is InChI=1S/C31H34N6O5.C2HF3O2/c1-20-33-30(35-42-20)23-8-10-24(11-9-23)34-31(41)36(28(29(32)40)17-21-6-12-26(38)13-7-21)25-14-15-37(2,19-25)18-22-4-3-5-27(39)16-22;3-2(4,5)1(6)7/h3-13,16,25,28H,14-15,17-19H2,1-2H3,(H4-,32,34,35,38,39,40,41);(H,6,7)/t25-,28+,37?;/m1./s1. The summed E-state index contributed by atoms with van der Waals surface area (Å²) in [6.45, 7) is 3.74. The van der Waals surface area contributed by atoms with Gasteiger partial charge in [0, 0.05) is 36.6 Å². The molecule has 16 heteroatoms. The minimum Gasteiger partial charge on any atom is -0.542 e. The van der Waals surface area contributed by atoms with Gasteiger partial charge in [-0.25, -0.2) is 4.79 Å². The van der Waals surface area contributed by atoms with Crippen LogP contribution in [0.4, 0.5) is 23.7 Å². The van der Waals surface area contributed by atoms with Crippen molar-refractivity contribution in [2.45, 2.75) is 44.6 Å². The van der Waals surface area contributed by atoms with Gasteiger partial charge in [0.1, 0.15) is 30.1 Å². The minimum absolute atomic E-state index is 0.110. The van der Waals surface area contributed by atoms with Crippen LogP contribution in [0, 0.1) is 6.92 Å². The second-order valence-electron chi connectivity index (χ2n) is 11.9.